The predicted molar refractivity (Wildman–Crippen MR) is 149 cm³/mol. The molecule has 4 rings (SSSR count). The fourth-order valence-electron chi connectivity index (χ4n) is 4.30. The highest BCUT2D eigenvalue weighted by Gasteiger charge is 2.35. The topological polar surface area (TPSA) is 130 Å². The van der Waals surface area contributed by atoms with Gasteiger partial charge in [-0.1, -0.05) is 11.6 Å². The SMILES string of the molecule is CC(C)(Oc1ccc(C(=O)c2ccc(Cl)cc2)cc1)C(=O)NC1CCN(S(=O)(=O)c2ccc(C(=O)O)cc2)CC1. The Morgan fingerprint density at radius 3 is 1.90 bits per heavy atom. The Morgan fingerprint density at radius 2 is 1.38 bits per heavy atom. The van der Waals surface area contributed by atoms with E-state index < -0.39 is 21.6 Å². The first kappa shape index (κ1) is 29.3. The molecule has 0 radical (unpaired) electrons. The molecular formula is C29H29ClN2O7S. The number of carboxylic acids is 1. The van der Waals surface area contributed by atoms with Crippen molar-refractivity contribution in [1.82, 2.24) is 9.62 Å². The van der Waals surface area contributed by atoms with Crippen molar-refractivity contribution >= 4 is 39.3 Å². The molecular weight excluding hydrogens is 556 g/mol. The number of sulfonamides is 1. The van der Waals surface area contributed by atoms with Crippen molar-refractivity contribution in [2.24, 2.45) is 0 Å². The lowest BCUT2D eigenvalue weighted by molar-refractivity contribution is -0.135. The third-order valence-electron chi connectivity index (χ3n) is 6.67. The van der Waals surface area contributed by atoms with Crippen LogP contribution in [-0.2, 0) is 14.8 Å². The number of nitrogens with zero attached hydrogens (tertiary/aromatic N) is 1. The second-order valence-electron chi connectivity index (χ2n) is 9.95. The molecule has 1 fully saturated rings. The molecule has 40 heavy (non-hydrogen) atoms. The summed E-state index contributed by atoms with van der Waals surface area (Å²) in [5.41, 5.74) is -0.242. The van der Waals surface area contributed by atoms with Crippen molar-refractivity contribution in [1.29, 1.82) is 0 Å². The first-order valence-electron chi connectivity index (χ1n) is 12.6. The van der Waals surface area contributed by atoms with E-state index in [2.05, 4.69) is 5.32 Å². The van der Waals surface area contributed by atoms with Crippen molar-refractivity contribution in [2.45, 2.75) is 43.2 Å². The zero-order valence-electron chi connectivity index (χ0n) is 22.0. The van der Waals surface area contributed by atoms with Gasteiger partial charge < -0.3 is 15.2 Å². The number of carbonyl (C=O) groups excluding carboxylic acids is 2. The number of carboxylic acid groups (broad SMARTS) is 1. The van der Waals surface area contributed by atoms with Crippen molar-refractivity contribution in [3.63, 3.8) is 0 Å². The van der Waals surface area contributed by atoms with Gasteiger partial charge in [0.05, 0.1) is 10.5 Å². The van der Waals surface area contributed by atoms with Crippen LogP contribution in [0.4, 0.5) is 0 Å². The number of nitrogens with one attached hydrogen (secondary N) is 1. The first-order chi connectivity index (χ1) is 18.9. The van der Waals surface area contributed by atoms with E-state index >= 15 is 0 Å². The molecule has 3 aromatic rings. The Labute approximate surface area is 237 Å². The van der Waals surface area contributed by atoms with Crippen LogP contribution in [0.1, 0.15) is 53.0 Å². The molecule has 1 heterocycles. The monoisotopic (exact) mass is 584 g/mol. The maximum absolute atomic E-state index is 13.0. The maximum Gasteiger partial charge on any atom is 0.335 e. The van der Waals surface area contributed by atoms with Crippen molar-refractivity contribution < 1.29 is 32.6 Å². The van der Waals surface area contributed by atoms with Gasteiger partial charge >= 0.3 is 5.97 Å². The van der Waals surface area contributed by atoms with Crippen molar-refractivity contribution in [2.75, 3.05) is 13.1 Å². The smallest absolute Gasteiger partial charge is 0.335 e. The third kappa shape index (κ3) is 6.70. The number of carbonyl (C=O) groups is 3. The Morgan fingerprint density at radius 1 is 0.875 bits per heavy atom. The molecule has 1 aliphatic rings. The molecule has 1 amide bonds. The predicted octanol–water partition coefficient (Wildman–Crippen LogP) is 4.40. The summed E-state index contributed by atoms with van der Waals surface area (Å²) in [6.07, 6.45) is 0.825. The van der Waals surface area contributed by atoms with Gasteiger partial charge in [0.2, 0.25) is 10.0 Å². The lowest BCUT2D eigenvalue weighted by atomic mass is 10.0. The number of halogens is 1. The van der Waals surface area contributed by atoms with Crippen molar-refractivity contribution in [3.8, 4) is 5.75 Å². The standard InChI is InChI=1S/C29H29ClN2O7S/c1-29(2,39-24-11-5-20(6-12-24)26(33)19-3-9-22(30)10-4-19)28(36)31-23-15-17-32(18-16-23)40(37,38)25-13-7-21(8-14-25)27(34)35/h3-14,23H,15-18H2,1-2H3,(H,31,36)(H,34,35). The molecule has 0 unspecified atom stereocenters. The average Bonchev–Trinajstić information content (AvgIpc) is 2.93. The summed E-state index contributed by atoms with van der Waals surface area (Å²) in [6, 6.07) is 18.0. The van der Waals surface area contributed by atoms with Crippen LogP contribution in [0.2, 0.25) is 5.02 Å². The zero-order chi connectivity index (χ0) is 29.1. The van der Waals surface area contributed by atoms with Gasteiger partial charge in [0, 0.05) is 35.3 Å². The summed E-state index contributed by atoms with van der Waals surface area (Å²) in [5.74, 6) is -1.22. The summed E-state index contributed by atoms with van der Waals surface area (Å²) in [7, 11) is -3.78. The number of aromatic carboxylic acids is 1. The van der Waals surface area contributed by atoms with Gasteiger partial charge in [0.1, 0.15) is 5.75 Å². The number of ether oxygens (including phenoxy) is 1. The molecule has 0 spiro atoms. The molecule has 0 bridgehead atoms. The largest absolute Gasteiger partial charge is 0.478 e. The summed E-state index contributed by atoms with van der Waals surface area (Å²) in [5, 5.41) is 12.5. The van der Waals surface area contributed by atoms with Crippen LogP contribution in [-0.4, -0.2) is 60.2 Å². The van der Waals surface area contributed by atoms with Gasteiger partial charge in [0.25, 0.3) is 5.91 Å². The molecule has 1 aliphatic heterocycles. The van der Waals surface area contributed by atoms with E-state index in [9.17, 15) is 22.8 Å². The van der Waals surface area contributed by atoms with E-state index in [0.717, 1.165) is 0 Å². The first-order valence-corrected chi connectivity index (χ1v) is 14.4. The quantitative estimate of drug-likeness (QED) is 0.357. The number of hydrogen-bond acceptors (Lipinski definition) is 6. The van der Waals surface area contributed by atoms with E-state index in [1.165, 1.54) is 28.6 Å². The van der Waals surface area contributed by atoms with Crippen LogP contribution in [0.25, 0.3) is 0 Å². The highest BCUT2D eigenvalue weighted by Crippen LogP contribution is 2.24. The Bertz CT molecular complexity index is 1500. The molecule has 2 N–H and O–H groups in total. The van der Waals surface area contributed by atoms with Gasteiger partial charge in [-0.3, -0.25) is 9.59 Å². The molecule has 1 saturated heterocycles. The number of amides is 1. The summed E-state index contributed by atoms with van der Waals surface area (Å²) in [4.78, 5) is 36.8. The van der Waals surface area contributed by atoms with E-state index in [0.29, 0.717) is 34.7 Å². The van der Waals surface area contributed by atoms with E-state index in [-0.39, 0.29) is 41.3 Å². The highest BCUT2D eigenvalue weighted by atomic mass is 35.5. The molecule has 9 nitrogen and oxygen atoms in total. The number of piperidine rings is 1. The Hall–Kier alpha value is -3.73. The molecule has 0 atom stereocenters. The lowest BCUT2D eigenvalue weighted by Gasteiger charge is -2.34. The van der Waals surface area contributed by atoms with Gasteiger partial charge in [-0.15, -0.1) is 0 Å². The number of benzene rings is 3. The average molecular weight is 585 g/mol. The fourth-order valence-corrected chi connectivity index (χ4v) is 5.90. The van der Waals surface area contributed by atoms with Gasteiger partial charge in [-0.2, -0.15) is 4.31 Å². The zero-order valence-corrected chi connectivity index (χ0v) is 23.5. The van der Waals surface area contributed by atoms with Crippen LogP contribution in [0, 0.1) is 0 Å². The van der Waals surface area contributed by atoms with Crippen LogP contribution in [0.15, 0.2) is 77.7 Å². The summed E-state index contributed by atoms with van der Waals surface area (Å²) < 4.78 is 33.2. The van der Waals surface area contributed by atoms with E-state index in [1.807, 2.05) is 0 Å². The lowest BCUT2D eigenvalue weighted by Crippen LogP contribution is -2.53. The third-order valence-corrected chi connectivity index (χ3v) is 8.84. The summed E-state index contributed by atoms with van der Waals surface area (Å²) in [6.45, 7) is 3.68. The molecule has 0 saturated carbocycles. The second-order valence-corrected chi connectivity index (χ2v) is 12.3. The fraction of sp³-hybridized carbons (Fsp3) is 0.276. The number of hydrogen-bond donors (Lipinski definition) is 2. The number of ketones is 1. The maximum atomic E-state index is 13.0. The molecule has 3 aromatic carbocycles. The molecule has 0 aromatic heterocycles. The van der Waals surface area contributed by atoms with Crippen LogP contribution >= 0.6 is 11.6 Å². The molecule has 210 valence electrons. The minimum absolute atomic E-state index is 0.00701. The van der Waals surface area contributed by atoms with Gasteiger partial charge in [-0.05, 0) is 99.5 Å². The highest BCUT2D eigenvalue weighted by molar-refractivity contribution is 7.89. The second kappa shape index (κ2) is 11.8. The van der Waals surface area contributed by atoms with E-state index in [1.54, 1.807) is 62.4 Å². The normalized spacial score (nSPS) is 14.9. The van der Waals surface area contributed by atoms with Crippen molar-refractivity contribution in [3.05, 3.63) is 94.5 Å². The summed E-state index contributed by atoms with van der Waals surface area (Å²) >= 11 is 5.89. The Kier molecular flexibility index (Phi) is 8.62. The minimum Gasteiger partial charge on any atom is -0.478 e. The Balaban J connectivity index is 1.31. The van der Waals surface area contributed by atoms with E-state index in [4.69, 9.17) is 21.4 Å². The minimum atomic E-state index is -3.78. The van der Waals surface area contributed by atoms with Crippen LogP contribution in [0.3, 0.4) is 0 Å². The van der Waals surface area contributed by atoms with Gasteiger partial charge in [-0.25, -0.2) is 13.2 Å². The molecule has 11 heteroatoms. The number of rotatable bonds is 9. The van der Waals surface area contributed by atoms with Crippen LogP contribution < -0.4 is 10.1 Å². The van der Waals surface area contributed by atoms with Gasteiger partial charge in [0.15, 0.2) is 11.4 Å². The molecule has 0 aliphatic carbocycles. The van der Waals surface area contributed by atoms with Crippen LogP contribution in [0.5, 0.6) is 5.75 Å².